The number of fused-ring (bicyclic) bond motifs is 1. The van der Waals surface area contributed by atoms with E-state index in [9.17, 15) is 4.79 Å². The molecule has 2 rings (SSSR count). The SMILES string of the molecule is CC.Cc1nc2ccccc2c(=O)n1C. The maximum absolute atomic E-state index is 11.7. The molecule has 1 aromatic heterocycles. The third-order valence-corrected chi connectivity index (χ3v) is 2.21. The van der Waals surface area contributed by atoms with Crippen LogP contribution in [0.3, 0.4) is 0 Å². The fourth-order valence-electron chi connectivity index (χ4n) is 1.33. The number of nitrogens with zero attached hydrogens (tertiary/aromatic N) is 2. The molecule has 0 saturated carbocycles. The summed E-state index contributed by atoms with van der Waals surface area (Å²) in [5, 5.41) is 0.676. The van der Waals surface area contributed by atoms with Crippen molar-refractivity contribution in [1.29, 1.82) is 0 Å². The maximum atomic E-state index is 11.7. The summed E-state index contributed by atoms with van der Waals surface area (Å²) >= 11 is 0. The van der Waals surface area contributed by atoms with E-state index in [4.69, 9.17) is 0 Å². The van der Waals surface area contributed by atoms with Crippen LogP contribution in [0.2, 0.25) is 0 Å². The van der Waals surface area contributed by atoms with E-state index in [2.05, 4.69) is 4.98 Å². The third kappa shape index (κ3) is 2.06. The lowest BCUT2D eigenvalue weighted by atomic mass is 10.2. The van der Waals surface area contributed by atoms with E-state index in [1.54, 1.807) is 17.7 Å². The number of aryl methyl sites for hydroxylation is 1. The minimum atomic E-state index is 0.0168. The average molecular weight is 204 g/mol. The van der Waals surface area contributed by atoms with Gasteiger partial charge >= 0.3 is 0 Å². The lowest BCUT2D eigenvalue weighted by Crippen LogP contribution is -2.20. The van der Waals surface area contributed by atoms with Gasteiger partial charge in [0.2, 0.25) is 0 Å². The summed E-state index contributed by atoms with van der Waals surface area (Å²) in [5.74, 6) is 0.740. The number of hydrogen-bond acceptors (Lipinski definition) is 2. The lowest BCUT2D eigenvalue weighted by molar-refractivity contribution is 0.792. The van der Waals surface area contributed by atoms with Crippen molar-refractivity contribution in [3.8, 4) is 0 Å². The van der Waals surface area contributed by atoms with Gasteiger partial charge in [0, 0.05) is 7.05 Å². The van der Waals surface area contributed by atoms with Crippen molar-refractivity contribution in [2.24, 2.45) is 7.05 Å². The van der Waals surface area contributed by atoms with Gasteiger partial charge < -0.3 is 0 Å². The van der Waals surface area contributed by atoms with Gasteiger partial charge in [0.25, 0.3) is 5.56 Å². The molecule has 0 unspecified atom stereocenters. The summed E-state index contributed by atoms with van der Waals surface area (Å²) in [6.07, 6.45) is 0. The predicted octanol–water partition coefficient (Wildman–Crippen LogP) is 2.27. The number of rotatable bonds is 0. The highest BCUT2D eigenvalue weighted by atomic mass is 16.1. The van der Waals surface area contributed by atoms with E-state index in [-0.39, 0.29) is 5.56 Å². The molecule has 0 fully saturated rings. The van der Waals surface area contributed by atoms with Gasteiger partial charge in [-0.1, -0.05) is 26.0 Å². The van der Waals surface area contributed by atoms with Gasteiger partial charge in [0.15, 0.2) is 0 Å². The molecular weight excluding hydrogens is 188 g/mol. The number of aromatic nitrogens is 2. The normalized spacial score (nSPS) is 9.60. The van der Waals surface area contributed by atoms with Crippen LogP contribution in [0.4, 0.5) is 0 Å². The Morgan fingerprint density at radius 2 is 1.80 bits per heavy atom. The number of hydrogen-bond donors (Lipinski definition) is 0. The first-order valence-electron chi connectivity index (χ1n) is 5.12. The molecule has 2 aromatic rings. The quantitative estimate of drug-likeness (QED) is 0.659. The largest absolute Gasteiger partial charge is 0.299 e. The second-order valence-electron chi connectivity index (χ2n) is 3.04. The van der Waals surface area contributed by atoms with Gasteiger partial charge in [-0.3, -0.25) is 9.36 Å². The summed E-state index contributed by atoms with van der Waals surface area (Å²) in [4.78, 5) is 16.0. The molecule has 80 valence electrons. The van der Waals surface area contributed by atoms with Crippen LogP contribution < -0.4 is 5.56 Å². The predicted molar refractivity (Wildman–Crippen MR) is 63.1 cm³/mol. The second-order valence-corrected chi connectivity index (χ2v) is 3.04. The summed E-state index contributed by atoms with van der Waals surface area (Å²) in [6.45, 7) is 5.83. The third-order valence-electron chi connectivity index (χ3n) is 2.21. The van der Waals surface area contributed by atoms with Crippen LogP contribution in [-0.4, -0.2) is 9.55 Å². The first-order valence-corrected chi connectivity index (χ1v) is 5.12. The van der Waals surface area contributed by atoms with E-state index < -0.39 is 0 Å². The molecule has 15 heavy (non-hydrogen) atoms. The van der Waals surface area contributed by atoms with Gasteiger partial charge in [0.05, 0.1) is 10.9 Å². The Bertz CT molecular complexity index is 515. The van der Waals surface area contributed by atoms with E-state index in [0.29, 0.717) is 5.39 Å². The Morgan fingerprint density at radius 3 is 2.47 bits per heavy atom. The van der Waals surface area contributed by atoms with Crippen LogP contribution >= 0.6 is 0 Å². The van der Waals surface area contributed by atoms with E-state index >= 15 is 0 Å². The molecule has 0 aliphatic carbocycles. The van der Waals surface area contributed by atoms with Crippen molar-refractivity contribution in [3.63, 3.8) is 0 Å². The van der Waals surface area contributed by atoms with Gasteiger partial charge in [-0.25, -0.2) is 4.98 Å². The smallest absolute Gasteiger partial charge is 0.261 e. The summed E-state index contributed by atoms with van der Waals surface area (Å²) in [7, 11) is 1.73. The fraction of sp³-hybridized carbons (Fsp3) is 0.333. The Labute approximate surface area is 89.4 Å². The molecule has 1 heterocycles. The standard InChI is InChI=1S/C10H10N2O.C2H6/c1-7-11-9-6-4-3-5-8(9)10(13)12(7)2;1-2/h3-6H,1-2H3;1-2H3. The first kappa shape index (κ1) is 11.4. The minimum Gasteiger partial charge on any atom is -0.299 e. The molecular formula is C12H16N2O. The molecule has 0 spiro atoms. The van der Waals surface area contributed by atoms with Crippen LogP contribution in [0.15, 0.2) is 29.1 Å². The zero-order valence-corrected chi connectivity index (χ0v) is 9.61. The van der Waals surface area contributed by atoms with Crippen molar-refractivity contribution in [3.05, 3.63) is 40.4 Å². The van der Waals surface area contributed by atoms with Crippen LogP contribution in [-0.2, 0) is 7.05 Å². The summed E-state index contributed by atoms with van der Waals surface area (Å²) in [6, 6.07) is 7.38. The highest BCUT2D eigenvalue weighted by Crippen LogP contribution is 2.05. The van der Waals surface area contributed by atoms with Crippen molar-refractivity contribution in [2.75, 3.05) is 0 Å². The van der Waals surface area contributed by atoms with E-state index in [1.165, 1.54) is 0 Å². The Morgan fingerprint density at radius 1 is 1.20 bits per heavy atom. The molecule has 0 atom stereocenters. The van der Waals surface area contributed by atoms with Crippen LogP contribution in [0.25, 0.3) is 10.9 Å². The second kappa shape index (κ2) is 4.73. The molecule has 0 aliphatic heterocycles. The van der Waals surface area contributed by atoms with Gasteiger partial charge in [-0.2, -0.15) is 0 Å². The molecule has 0 amide bonds. The van der Waals surface area contributed by atoms with Gasteiger partial charge in [-0.05, 0) is 19.1 Å². The monoisotopic (exact) mass is 204 g/mol. The molecule has 0 saturated heterocycles. The molecule has 0 N–H and O–H groups in total. The highest BCUT2D eigenvalue weighted by molar-refractivity contribution is 5.77. The summed E-state index contributed by atoms with van der Waals surface area (Å²) in [5.41, 5.74) is 0.784. The van der Waals surface area contributed by atoms with E-state index in [0.717, 1.165) is 11.3 Å². The van der Waals surface area contributed by atoms with Crippen LogP contribution in [0.5, 0.6) is 0 Å². The Balaban J connectivity index is 0.000000531. The van der Waals surface area contributed by atoms with Crippen LogP contribution in [0.1, 0.15) is 19.7 Å². The van der Waals surface area contributed by atoms with Crippen LogP contribution in [0, 0.1) is 6.92 Å². The molecule has 3 heteroatoms. The fourth-order valence-corrected chi connectivity index (χ4v) is 1.33. The molecule has 1 aromatic carbocycles. The highest BCUT2D eigenvalue weighted by Gasteiger charge is 2.02. The molecule has 0 aliphatic rings. The van der Waals surface area contributed by atoms with Crippen molar-refractivity contribution in [2.45, 2.75) is 20.8 Å². The minimum absolute atomic E-state index is 0.0168. The zero-order chi connectivity index (χ0) is 11.4. The number of para-hydroxylation sites is 1. The van der Waals surface area contributed by atoms with Gasteiger partial charge in [0.1, 0.15) is 5.82 Å². The number of benzene rings is 1. The molecule has 0 bridgehead atoms. The van der Waals surface area contributed by atoms with E-state index in [1.807, 2.05) is 39.0 Å². The topological polar surface area (TPSA) is 34.9 Å². The van der Waals surface area contributed by atoms with Crippen molar-refractivity contribution >= 4 is 10.9 Å². The summed E-state index contributed by atoms with van der Waals surface area (Å²) < 4.78 is 1.56. The first-order chi connectivity index (χ1) is 7.20. The average Bonchev–Trinajstić information content (AvgIpc) is 2.29. The molecule has 3 nitrogen and oxygen atoms in total. The maximum Gasteiger partial charge on any atom is 0.261 e. The molecule has 0 radical (unpaired) electrons. The van der Waals surface area contributed by atoms with Gasteiger partial charge in [-0.15, -0.1) is 0 Å². The Kier molecular flexibility index (Phi) is 3.61. The lowest BCUT2D eigenvalue weighted by Gasteiger charge is -2.03. The van der Waals surface area contributed by atoms with Crippen molar-refractivity contribution in [1.82, 2.24) is 9.55 Å². The van der Waals surface area contributed by atoms with Crippen molar-refractivity contribution < 1.29 is 0 Å². The zero-order valence-electron chi connectivity index (χ0n) is 9.61. The Hall–Kier alpha value is -1.64.